The second-order valence-electron chi connectivity index (χ2n) is 4.36. The first-order valence-corrected chi connectivity index (χ1v) is 5.03. The minimum absolute atomic E-state index is 0.400. The molecular weight excluding hydrogens is 172 g/mol. The van der Waals surface area contributed by atoms with E-state index in [4.69, 9.17) is 0 Å². The van der Waals surface area contributed by atoms with Gasteiger partial charge in [-0.15, -0.1) is 0 Å². The van der Waals surface area contributed by atoms with E-state index in [9.17, 15) is 8.78 Å². The van der Waals surface area contributed by atoms with Gasteiger partial charge in [0.15, 0.2) is 0 Å². The van der Waals surface area contributed by atoms with Gasteiger partial charge in [0.25, 0.3) is 0 Å². The standard InChI is InChI=1S/C10H19F2N/c1-8(2)13-6-4-9(5-7-13)10(3,11)12/h8-9H,4-7H2,1-3H3. The lowest BCUT2D eigenvalue weighted by atomic mass is 9.91. The molecule has 0 aromatic rings. The fourth-order valence-electron chi connectivity index (χ4n) is 1.92. The number of rotatable bonds is 2. The van der Waals surface area contributed by atoms with E-state index < -0.39 is 11.8 Å². The van der Waals surface area contributed by atoms with E-state index in [1.54, 1.807) is 0 Å². The Morgan fingerprint density at radius 1 is 1.23 bits per heavy atom. The van der Waals surface area contributed by atoms with Gasteiger partial charge in [0.05, 0.1) is 0 Å². The second-order valence-corrected chi connectivity index (χ2v) is 4.36. The van der Waals surface area contributed by atoms with Gasteiger partial charge in [0.2, 0.25) is 5.92 Å². The van der Waals surface area contributed by atoms with Crippen LogP contribution in [0.4, 0.5) is 8.78 Å². The van der Waals surface area contributed by atoms with Gasteiger partial charge in [-0.25, -0.2) is 8.78 Å². The number of piperidine rings is 1. The predicted molar refractivity (Wildman–Crippen MR) is 50.1 cm³/mol. The second kappa shape index (κ2) is 3.91. The van der Waals surface area contributed by atoms with E-state index in [0.29, 0.717) is 18.9 Å². The summed E-state index contributed by atoms with van der Waals surface area (Å²) in [4.78, 5) is 2.27. The van der Waals surface area contributed by atoms with Crippen LogP contribution < -0.4 is 0 Å². The van der Waals surface area contributed by atoms with Crippen molar-refractivity contribution in [3.63, 3.8) is 0 Å². The van der Waals surface area contributed by atoms with Gasteiger partial charge < -0.3 is 4.90 Å². The van der Waals surface area contributed by atoms with Crippen LogP contribution in [0, 0.1) is 5.92 Å². The largest absolute Gasteiger partial charge is 0.301 e. The molecule has 0 atom stereocenters. The molecular formula is C10H19F2N. The highest BCUT2D eigenvalue weighted by molar-refractivity contribution is 4.80. The number of likely N-dealkylation sites (tertiary alicyclic amines) is 1. The van der Waals surface area contributed by atoms with Crippen LogP contribution in [-0.2, 0) is 0 Å². The number of hydrogen-bond acceptors (Lipinski definition) is 1. The zero-order chi connectivity index (χ0) is 10.1. The highest BCUT2D eigenvalue weighted by Crippen LogP contribution is 2.32. The molecule has 13 heavy (non-hydrogen) atoms. The summed E-state index contributed by atoms with van der Waals surface area (Å²) in [5, 5.41) is 0. The molecule has 0 aromatic heterocycles. The number of hydrogen-bond donors (Lipinski definition) is 0. The summed E-state index contributed by atoms with van der Waals surface area (Å²) in [6, 6.07) is 0.492. The van der Waals surface area contributed by atoms with Crippen LogP contribution in [0.1, 0.15) is 33.6 Å². The summed E-state index contributed by atoms with van der Waals surface area (Å²) in [5.41, 5.74) is 0. The molecule has 3 heteroatoms. The SMILES string of the molecule is CC(C)N1CCC(C(C)(F)F)CC1. The van der Waals surface area contributed by atoms with Gasteiger partial charge in [-0.1, -0.05) is 0 Å². The Kier molecular flexibility index (Phi) is 3.28. The molecule has 0 bridgehead atoms. The van der Waals surface area contributed by atoms with Crippen molar-refractivity contribution in [1.29, 1.82) is 0 Å². The summed E-state index contributed by atoms with van der Waals surface area (Å²) in [5.74, 6) is -2.88. The molecule has 1 aliphatic heterocycles. The molecule has 1 nitrogen and oxygen atoms in total. The molecule has 1 aliphatic rings. The van der Waals surface area contributed by atoms with Gasteiger partial charge in [-0.3, -0.25) is 0 Å². The van der Waals surface area contributed by atoms with Gasteiger partial charge in [-0.2, -0.15) is 0 Å². The molecule has 1 saturated heterocycles. The lowest BCUT2D eigenvalue weighted by Gasteiger charge is -2.36. The van der Waals surface area contributed by atoms with E-state index in [0.717, 1.165) is 20.0 Å². The Morgan fingerprint density at radius 2 is 1.69 bits per heavy atom. The fourth-order valence-corrected chi connectivity index (χ4v) is 1.92. The minimum atomic E-state index is -2.48. The summed E-state index contributed by atoms with van der Waals surface area (Å²) in [6.45, 7) is 6.93. The molecule has 0 spiro atoms. The molecule has 1 fully saturated rings. The summed E-state index contributed by atoms with van der Waals surface area (Å²) in [6.07, 6.45) is 1.28. The topological polar surface area (TPSA) is 3.24 Å². The van der Waals surface area contributed by atoms with Crippen LogP contribution in [0.2, 0.25) is 0 Å². The Hall–Kier alpha value is -0.180. The molecule has 1 heterocycles. The molecule has 0 aromatic carbocycles. The maximum absolute atomic E-state index is 12.9. The van der Waals surface area contributed by atoms with E-state index in [2.05, 4.69) is 18.7 Å². The third kappa shape index (κ3) is 2.90. The Morgan fingerprint density at radius 3 is 2.00 bits per heavy atom. The number of nitrogens with zero attached hydrogens (tertiary/aromatic N) is 1. The minimum Gasteiger partial charge on any atom is -0.301 e. The predicted octanol–water partition coefficient (Wildman–Crippen LogP) is 2.76. The third-order valence-corrected chi connectivity index (χ3v) is 2.98. The van der Waals surface area contributed by atoms with Crippen LogP contribution in [0.15, 0.2) is 0 Å². The van der Waals surface area contributed by atoms with E-state index in [-0.39, 0.29) is 0 Å². The third-order valence-electron chi connectivity index (χ3n) is 2.98. The van der Waals surface area contributed by atoms with Crippen molar-refractivity contribution in [3.8, 4) is 0 Å². The van der Waals surface area contributed by atoms with Gasteiger partial charge >= 0.3 is 0 Å². The molecule has 78 valence electrons. The van der Waals surface area contributed by atoms with Gasteiger partial charge in [-0.05, 0) is 46.7 Å². The molecule has 0 amide bonds. The van der Waals surface area contributed by atoms with Crippen molar-refractivity contribution in [1.82, 2.24) is 4.90 Å². The fraction of sp³-hybridized carbons (Fsp3) is 1.00. The molecule has 0 saturated carbocycles. The lowest BCUT2D eigenvalue weighted by molar-refractivity contribution is -0.0644. The van der Waals surface area contributed by atoms with Gasteiger partial charge in [0.1, 0.15) is 0 Å². The van der Waals surface area contributed by atoms with Crippen molar-refractivity contribution in [2.75, 3.05) is 13.1 Å². The number of halogens is 2. The zero-order valence-electron chi connectivity index (χ0n) is 8.69. The van der Waals surface area contributed by atoms with Crippen molar-refractivity contribution in [2.45, 2.75) is 45.6 Å². The quantitative estimate of drug-likeness (QED) is 0.648. The first-order valence-electron chi connectivity index (χ1n) is 5.03. The molecule has 0 aliphatic carbocycles. The first-order chi connectivity index (χ1) is 5.91. The van der Waals surface area contributed by atoms with Crippen LogP contribution in [-0.4, -0.2) is 30.0 Å². The molecule has 1 rings (SSSR count). The van der Waals surface area contributed by atoms with E-state index in [1.807, 2.05) is 0 Å². The number of alkyl halides is 2. The van der Waals surface area contributed by atoms with Crippen LogP contribution in [0.5, 0.6) is 0 Å². The normalized spacial score (nSPS) is 22.6. The van der Waals surface area contributed by atoms with Gasteiger partial charge in [0, 0.05) is 12.0 Å². The zero-order valence-corrected chi connectivity index (χ0v) is 8.69. The van der Waals surface area contributed by atoms with Crippen molar-refractivity contribution in [3.05, 3.63) is 0 Å². The highest BCUT2D eigenvalue weighted by Gasteiger charge is 2.36. The monoisotopic (exact) mass is 191 g/mol. The maximum atomic E-state index is 12.9. The van der Waals surface area contributed by atoms with Crippen LogP contribution in [0.3, 0.4) is 0 Å². The molecule has 0 unspecified atom stereocenters. The molecule has 0 N–H and O–H groups in total. The highest BCUT2D eigenvalue weighted by atomic mass is 19.3. The first kappa shape index (κ1) is 10.9. The van der Waals surface area contributed by atoms with Crippen molar-refractivity contribution in [2.24, 2.45) is 5.92 Å². The smallest absolute Gasteiger partial charge is 0.248 e. The average molecular weight is 191 g/mol. The van der Waals surface area contributed by atoms with E-state index >= 15 is 0 Å². The summed E-state index contributed by atoms with van der Waals surface area (Å²) in [7, 11) is 0. The van der Waals surface area contributed by atoms with Crippen molar-refractivity contribution >= 4 is 0 Å². The Balaban J connectivity index is 2.39. The lowest BCUT2D eigenvalue weighted by Crippen LogP contribution is -2.42. The maximum Gasteiger partial charge on any atom is 0.248 e. The Labute approximate surface area is 79.1 Å². The summed E-state index contributed by atoms with van der Waals surface area (Å²) < 4.78 is 25.8. The molecule has 0 radical (unpaired) electrons. The van der Waals surface area contributed by atoms with E-state index in [1.165, 1.54) is 0 Å². The van der Waals surface area contributed by atoms with Crippen molar-refractivity contribution < 1.29 is 8.78 Å². The average Bonchev–Trinajstić information content (AvgIpc) is 2.03. The Bertz CT molecular complexity index is 155. The van der Waals surface area contributed by atoms with Crippen LogP contribution >= 0.6 is 0 Å². The summed E-state index contributed by atoms with van der Waals surface area (Å²) >= 11 is 0. The van der Waals surface area contributed by atoms with Crippen LogP contribution in [0.25, 0.3) is 0 Å².